The van der Waals surface area contributed by atoms with Crippen molar-refractivity contribution in [3.63, 3.8) is 0 Å². The molecule has 0 N–H and O–H groups in total. The van der Waals surface area contributed by atoms with Crippen LogP contribution in [-0.2, 0) is 6.18 Å². The Bertz CT molecular complexity index is 1040. The van der Waals surface area contributed by atoms with E-state index in [1.807, 2.05) is 18.2 Å². The van der Waals surface area contributed by atoms with E-state index in [9.17, 15) is 13.2 Å². The Morgan fingerprint density at radius 1 is 0.840 bits per heavy atom. The molecule has 3 aromatic heterocycles. The number of benzene rings is 1. The van der Waals surface area contributed by atoms with Crippen molar-refractivity contribution in [2.75, 3.05) is 0 Å². The van der Waals surface area contributed by atoms with Gasteiger partial charge in [0.05, 0.1) is 23.6 Å². The minimum absolute atomic E-state index is 0.496. The lowest BCUT2D eigenvalue weighted by Gasteiger charge is -2.11. The first-order valence-corrected chi connectivity index (χ1v) is 7.56. The largest absolute Gasteiger partial charge is 0.416 e. The molecular formula is C19H12F3N3. The van der Waals surface area contributed by atoms with Crippen LogP contribution in [0.2, 0.25) is 0 Å². The zero-order valence-corrected chi connectivity index (χ0v) is 12.9. The molecule has 0 radical (unpaired) electrons. The number of alkyl halides is 3. The smallest absolute Gasteiger partial charge is 0.305 e. The molecule has 0 saturated heterocycles. The Hall–Kier alpha value is -3.15. The van der Waals surface area contributed by atoms with Crippen molar-refractivity contribution in [3.05, 3.63) is 79.1 Å². The van der Waals surface area contributed by atoms with Crippen molar-refractivity contribution in [2.24, 2.45) is 0 Å². The molecule has 6 heteroatoms. The van der Waals surface area contributed by atoms with Crippen LogP contribution in [-0.4, -0.2) is 14.4 Å². The standard InChI is InChI=1S/C19H12F3N3/c20-19(21,22)16-5-1-3-13(7-16)15-8-17(14-4-2-6-23-9-14)18-10-24-12-25(18)11-15/h1-12H. The fraction of sp³-hybridized carbons (Fsp3) is 0.0526. The predicted octanol–water partition coefficient (Wildman–Crippen LogP) is 5.08. The highest BCUT2D eigenvalue weighted by Crippen LogP contribution is 2.34. The summed E-state index contributed by atoms with van der Waals surface area (Å²) in [6.45, 7) is 0. The van der Waals surface area contributed by atoms with Crippen molar-refractivity contribution in [2.45, 2.75) is 6.18 Å². The van der Waals surface area contributed by atoms with Gasteiger partial charge in [-0.25, -0.2) is 4.98 Å². The van der Waals surface area contributed by atoms with Gasteiger partial charge in [0, 0.05) is 29.7 Å². The number of pyridine rings is 2. The van der Waals surface area contributed by atoms with Gasteiger partial charge in [0.15, 0.2) is 0 Å². The highest BCUT2D eigenvalue weighted by molar-refractivity contribution is 5.83. The maximum atomic E-state index is 13.0. The van der Waals surface area contributed by atoms with E-state index in [1.54, 1.807) is 41.6 Å². The molecule has 0 bridgehead atoms. The first-order valence-electron chi connectivity index (χ1n) is 7.56. The number of aromatic nitrogens is 3. The van der Waals surface area contributed by atoms with Crippen molar-refractivity contribution < 1.29 is 13.2 Å². The summed E-state index contributed by atoms with van der Waals surface area (Å²) in [5.74, 6) is 0. The second-order valence-corrected chi connectivity index (χ2v) is 5.65. The van der Waals surface area contributed by atoms with Crippen LogP contribution in [0.3, 0.4) is 0 Å². The molecule has 0 unspecified atom stereocenters. The summed E-state index contributed by atoms with van der Waals surface area (Å²) < 4.78 is 40.8. The van der Waals surface area contributed by atoms with Crippen LogP contribution in [0.4, 0.5) is 13.2 Å². The second-order valence-electron chi connectivity index (χ2n) is 5.65. The zero-order valence-electron chi connectivity index (χ0n) is 12.9. The van der Waals surface area contributed by atoms with Crippen LogP contribution in [0.5, 0.6) is 0 Å². The number of halogens is 3. The Labute approximate surface area is 141 Å². The minimum Gasteiger partial charge on any atom is -0.305 e. The summed E-state index contributed by atoms with van der Waals surface area (Å²) in [5, 5.41) is 0. The Kier molecular flexibility index (Phi) is 3.53. The summed E-state index contributed by atoms with van der Waals surface area (Å²) >= 11 is 0. The zero-order chi connectivity index (χ0) is 17.4. The van der Waals surface area contributed by atoms with Crippen molar-refractivity contribution in [3.8, 4) is 22.3 Å². The molecule has 124 valence electrons. The topological polar surface area (TPSA) is 30.2 Å². The van der Waals surface area contributed by atoms with Crippen LogP contribution in [0, 0.1) is 0 Å². The van der Waals surface area contributed by atoms with Gasteiger partial charge in [-0.05, 0) is 35.4 Å². The van der Waals surface area contributed by atoms with Gasteiger partial charge >= 0.3 is 6.18 Å². The van der Waals surface area contributed by atoms with Crippen molar-refractivity contribution >= 4 is 5.52 Å². The van der Waals surface area contributed by atoms with Crippen molar-refractivity contribution in [1.82, 2.24) is 14.4 Å². The predicted molar refractivity (Wildman–Crippen MR) is 88.9 cm³/mol. The molecule has 0 aliphatic carbocycles. The SMILES string of the molecule is FC(F)(F)c1cccc(-c2cc(-c3cccnc3)c3cncn3c2)c1. The Morgan fingerprint density at radius 3 is 2.44 bits per heavy atom. The first kappa shape index (κ1) is 15.4. The summed E-state index contributed by atoms with van der Waals surface area (Å²) in [6, 6.07) is 10.9. The molecular weight excluding hydrogens is 327 g/mol. The highest BCUT2D eigenvalue weighted by atomic mass is 19.4. The average molecular weight is 339 g/mol. The molecule has 0 spiro atoms. The summed E-state index contributed by atoms with van der Waals surface area (Å²) in [4.78, 5) is 8.26. The van der Waals surface area contributed by atoms with Gasteiger partial charge in [0.2, 0.25) is 0 Å². The van der Waals surface area contributed by atoms with Gasteiger partial charge in [-0.15, -0.1) is 0 Å². The van der Waals surface area contributed by atoms with Gasteiger partial charge in [0.25, 0.3) is 0 Å². The van der Waals surface area contributed by atoms with Gasteiger partial charge in [-0.3, -0.25) is 4.98 Å². The molecule has 4 aromatic rings. The number of hydrogen-bond donors (Lipinski definition) is 0. The maximum absolute atomic E-state index is 13.0. The fourth-order valence-corrected chi connectivity index (χ4v) is 2.82. The minimum atomic E-state index is -4.37. The molecule has 3 heterocycles. The van der Waals surface area contributed by atoms with Gasteiger partial charge in [-0.1, -0.05) is 18.2 Å². The highest BCUT2D eigenvalue weighted by Gasteiger charge is 2.30. The molecule has 25 heavy (non-hydrogen) atoms. The molecule has 0 aliphatic heterocycles. The number of fused-ring (bicyclic) bond motifs is 1. The third kappa shape index (κ3) is 2.87. The summed E-state index contributed by atoms with van der Waals surface area (Å²) in [7, 11) is 0. The monoisotopic (exact) mass is 339 g/mol. The number of imidazole rings is 1. The average Bonchev–Trinajstić information content (AvgIpc) is 3.09. The van der Waals surface area contributed by atoms with Crippen LogP contribution < -0.4 is 0 Å². The van der Waals surface area contributed by atoms with Crippen molar-refractivity contribution in [1.29, 1.82) is 0 Å². The molecule has 4 rings (SSSR count). The third-order valence-corrected chi connectivity index (χ3v) is 4.02. The van der Waals surface area contributed by atoms with Gasteiger partial charge < -0.3 is 4.40 Å². The maximum Gasteiger partial charge on any atom is 0.416 e. The van der Waals surface area contributed by atoms with Crippen LogP contribution in [0.1, 0.15) is 5.56 Å². The first-order chi connectivity index (χ1) is 12.0. The Balaban J connectivity index is 1.92. The van der Waals surface area contributed by atoms with E-state index >= 15 is 0 Å². The van der Waals surface area contributed by atoms with Gasteiger partial charge in [-0.2, -0.15) is 13.2 Å². The third-order valence-electron chi connectivity index (χ3n) is 4.02. The molecule has 0 amide bonds. The summed E-state index contributed by atoms with van der Waals surface area (Å²) in [6.07, 6.45) is 4.15. The molecule has 0 fully saturated rings. The molecule has 1 aromatic carbocycles. The quantitative estimate of drug-likeness (QED) is 0.510. The van der Waals surface area contributed by atoms with E-state index in [-0.39, 0.29) is 0 Å². The lowest BCUT2D eigenvalue weighted by molar-refractivity contribution is -0.137. The molecule has 3 nitrogen and oxygen atoms in total. The molecule has 0 aliphatic rings. The number of rotatable bonds is 2. The van der Waals surface area contributed by atoms with E-state index < -0.39 is 11.7 Å². The van der Waals surface area contributed by atoms with Crippen LogP contribution in [0.25, 0.3) is 27.8 Å². The number of hydrogen-bond acceptors (Lipinski definition) is 2. The normalized spacial score (nSPS) is 11.8. The van der Waals surface area contributed by atoms with E-state index in [0.29, 0.717) is 11.1 Å². The van der Waals surface area contributed by atoms with E-state index in [4.69, 9.17) is 0 Å². The van der Waals surface area contributed by atoms with Crippen LogP contribution in [0.15, 0.2) is 73.6 Å². The van der Waals surface area contributed by atoms with Gasteiger partial charge in [0.1, 0.15) is 0 Å². The number of nitrogens with zero attached hydrogens (tertiary/aromatic N) is 3. The van der Waals surface area contributed by atoms with Crippen LogP contribution >= 0.6 is 0 Å². The van der Waals surface area contributed by atoms with E-state index in [2.05, 4.69) is 9.97 Å². The van der Waals surface area contributed by atoms with E-state index in [0.717, 1.165) is 28.8 Å². The second kappa shape index (κ2) is 5.73. The van der Waals surface area contributed by atoms with E-state index in [1.165, 1.54) is 6.07 Å². The summed E-state index contributed by atoms with van der Waals surface area (Å²) in [5.41, 5.74) is 3.11. The lowest BCUT2D eigenvalue weighted by Crippen LogP contribution is -2.04. The lowest BCUT2D eigenvalue weighted by atomic mass is 10.00. The molecule has 0 atom stereocenters. The Morgan fingerprint density at radius 2 is 1.68 bits per heavy atom. The fourth-order valence-electron chi connectivity index (χ4n) is 2.82. The molecule has 0 saturated carbocycles.